The first kappa shape index (κ1) is 9.54. The summed E-state index contributed by atoms with van der Waals surface area (Å²) in [5.41, 5.74) is 6.42. The molecule has 14 heavy (non-hydrogen) atoms. The molecule has 0 saturated carbocycles. The molecule has 0 spiro atoms. The van der Waals surface area contributed by atoms with E-state index in [1.165, 1.54) is 11.8 Å². The molecule has 0 fully saturated rings. The van der Waals surface area contributed by atoms with Gasteiger partial charge in [-0.25, -0.2) is 9.97 Å². The highest BCUT2D eigenvalue weighted by Crippen LogP contribution is 2.28. The number of halogens is 1. The second-order valence-corrected chi connectivity index (χ2v) is 4.44. The van der Waals surface area contributed by atoms with Crippen LogP contribution in [0, 0.1) is 0 Å². The third-order valence-corrected chi connectivity index (χ3v) is 2.90. The van der Waals surface area contributed by atoms with Gasteiger partial charge in [0.2, 0.25) is 0 Å². The van der Waals surface area contributed by atoms with Crippen molar-refractivity contribution in [1.82, 2.24) is 15.0 Å². The van der Waals surface area contributed by atoms with E-state index in [0.717, 1.165) is 14.7 Å². The topological polar surface area (TPSA) is 67.6 Å². The first-order chi connectivity index (χ1) is 6.75. The van der Waals surface area contributed by atoms with E-state index in [4.69, 9.17) is 5.73 Å². The molecule has 0 bridgehead atoms. The van der Waals surface area contributed by atoms with Crippen molar-refractivity contribution in [2.24, 2.45) is 0 Å². The van der Waals surface area contributed by atoms with Gasteiger partial charge in [-0.3, -0.25) is 0 Å². The molecule has 0 saturated heterocycles. The molecular formula is C8H7BrN4S. The molecule has 72 valence electrons. The maximum atomic E-state index is 5.78. The molecule has 3 N–H and O–H groups in total. The van der Waals surface area contributed by atoms with Gasteiger partial charge < -0.3 is 10.7 Å². The number of nitrogen functional groups attached to an aromatic ring is 1. The fourth-order valence-electron chi connectivity index (χ4n) is 0.926. The Labute approximate surface area is 93.5 Å². The summed E-state index contributed by atoms with van der Waals surface area (Å²) in [5.74, 6) is 0. The van der Waals surface area contributed by atoms with Crippen LogP contribution in [0.15, 0.2) is 39.3 Å². The van der Waals surface area contributed by atoms with E-state index >= 15 is 0 Å². The predicted octanol–water partition coefficient (Wildman–Crippen LogP) is 2.30. The first-order valence-corrected chi connectivity index (χ1v) is 5.45. The lowest BCUT2D eigenvalue weighted by molar-refractivity contribution is 1.04. The van der Waals surface area contributed by atoms with E-state index in [1.54, 1.807) is 18.6 Å². The monoisotopic (exact) mass is 270 g/mol. The van der Waals surface area contributed by atoms with Crippen molar-refractivity contribution in [3.63, 3.8) is 0 Å². The molecule has 2 aromatic rings. The number of hydrogen-bond donors (Lipinski definition) is 2. The number of nitrogens with two attached hydrogens (primary N) is 1. The van der Waals surface area contributed by atoms with Crippen LogP contribution in [0.4, 0.5) is 5.69 Å². The molecule has 0 amide bonds. The molecule has 0 aromatic carbocycles. The largest absolute Gasteiger partial charge is 0.396 e. The molecule has 2 heterocycles. The van der Waals surface area contributed by atoms with Crippen molar-refractivity contribution < 1.29 is 0 Å². The number of aromatic nitrogens is 3. The predicted molar refractivity (Wildman–Crippen MR) is 59.1 cm³/mol. The number of rotatable bonds is 2. The minimum Gasteiger partial charge on any atom is -0.396 e. The Morgan fingerprint density at radius 1 is 1.43 bits per heavy atom. The number of hydrogen-bond acceptors (Lipinski definition) is 4. The summed E-state index contributed by atoms with van der Waals surface area (Å²) in [4.78, 5) is 11.2. The van der Waals surface area contributed by atoms with Crippen LogP contribution in [-0.4, -0.2) is 15.0 Å². The summed E-state index contributed by atoms with van der Waals surface area (Å²) in [6.07, 6.45) is 5.16. The highest BCUT2D eigenvalue weighted by Gasteiger charge is 2.05. The van der Waals surface area contributed by atoms with Gasteiger partial charge in [-0.15, -0.1) is 0 Å². The minimum absolute atomic E-state index is 0.640. The quantitative estimate of drug-likeness (QED) is 0.879. The number of imidazole rings is 1. The number of H-pyrrole nitrogens is 1. The van der Waals surface area contributed by atoms with Crippen LogP contribution >= 0.6 is 27.7 Å². The SMILES string of the molecule is Nc1cc(Br)cnc1Sc1ncc[nH]1. The highest BCUT2D eigenvalue weighted by molar-refractivity contribution is 9.10. The summed E-state index contributed by atoms with van der Waals surface area (Å²) in [5, 5.41) is 1.54. The molecule has 0 radical (unpaired) electrons. The van der Waals surface area contributed by atoms with E-state index in [2.05, 4.69) is 30.9 Å². The van der Waals surface area contributed by atoms with Crippen molar-refractivity contribution in [1.29, 1.82) is 0 Å². The fourth-order valence-corrected chi connectivity index (χ4v) is 1.98. The third kappa shape index (κ3) is 2.08. The smallest absolute Gasteiger partial charge is 0.171 e. The molecule has 2 rings (SSSR count). The molecule has 4 nitrogen and oxygen atoms in total. The molecule has 2 aromatic heterocycles. The maximum absolute atomic E-state index is 5.78. The van der Waals surface area contributed by atoms with Crippen LogP contribution < -0.4 is 5.73 Å². The standard InChI is InChI=1S/C8H7BrN4S/c9-5-3-6(10)7(13-4-5)14-8-11-1-2-12-8/h1-4H,10H2,(H,11,12). The number of nitrogens with zero attached hydrogens (tertiary/aromatic N) is 2. The molecule has 6 heteroatoms. The Morgan fingerprint density at radius 3 is 2.93 bits per heavy atom. The van der Waals surface area contributed by atoms with Crippen LogP contribution in [0.25, 0.3) is 0 Å². The molecule has 0 atom stereocenters. The van der Waals surface area contributed by atoms with Gasteiger partial charge >= 0.3 is 0 Å². The van der Waals surface area contributed by atoms with Crippen molar-refractivity contribution in [3.05, 3.63) is 29.1 Å². The lowest BCUT2D eigenvalue weighted by Gasteiger charge is -2.01. The van der Waals surface area contributed by atoms with Gasteiger partial charge in [0.05, 0.1) is 5.69 Å². The molecule has 0 aliphatic rings. The Hall–Kier alpha value is -1.01. The summed E-state index contributed by atoms with van der Waals surface area (Å²) in [6, 6.07) is 1.82. The number of pyridine rings is 1. The fraction of sp³-hybridized carbons (Fsp3) is 0. The molecular weight excluding hydrogens is 264 g/mol. The lowest BCUT2D eigenvalue weighted by atomic mass is 10.4. The molecule has 0 aliphatic carbocycles. The van der Waals surface area contributed by atoms with Gasteiger partial charge in [0.1, 0.15) is 5.03 Å². The van der Waals surface area contributed by atoms with Crippen molar-refractivity contribution in [3.8, 4) is 0 Å². The van der Waals surface area contributed by atoms with Gasteiger partial charge in [-0.05, 0) is 33.8 Å². The Balaban J connectivity index is 2.25. The van der Waals surface area contributed by atoms with Gasteiger partial charge in [-0.2, -0.15) is 0 Å². The van der Waals surface area contributed by atoms with Crippen molar-refractivity contribution >= 4 is 33.4 Å². The molecule has 0 aliphatic heterocycles. The van der Waals surface area contributed by atoms with Crippen molar-refractivity contribution in [2.75, 3.05) is 5.73 Å². The van der Waals surface area contributed by atoms with Gasteiger partial charge in [0.25, 0.3) is 0 Å². The summed E-state index contributed by atoms with van der Waals surface area (Å²) < 4.78 is 0.874. The zero-order chi connectivity index (χ0) is 9.97. The average molecular weight is 271 g/mol. The van der Waals surface area contributed by atoms with E-state index < -0.39 is 0 Å². The molecule has 0 unspecified atom stereocenters. The van der Waals surface area contributed by atoms with Crippen LogP contribution in [0.3, 0.4) is 0 Å². The van der Waals surface area contributed by atoms with Crippen molar-refractivity contribution in [2.45, 2.75) is 10.2 Å². The zero-order valence-electron chi connectivity index (χ0n) is 7.07. The van der Waals surface area contributed by atoms with Crippen LogP contribution in [0.5, 0.6) is 0 Å². The number of aromatic amines is 1. The van der Waals surface area contributed by atoms with E-state index in [0.29, 0.717) is 5.69 Å². The second kappa shape index (κ2) is 4.02. The third-order valence-electron chi connectivity index (χ3n) is 1.51. The Bertz CT molecular complexity index is 429. The van der Waals surface area contributed by atoms with E-state index in [-0.39, 0.29) is 0 Å². The summed E-state index contributed by atoms with van der Waals surface area (Å²) in [6.45, 7) is 0. The lowest BCUT2D eigenvalue weighted by Crippen LogP contribution is -1.91. The average Bonchev–Trinajstić information content (AvgIpc) is 2.62. The van der Waals surface area contributed by atoms with Crippen LogP contribution in [-0.2, 0) is 0 Å². The number of anilines is 1. The second-order valence-electron chi connectivity index (χ2n) is 2.54. The highest BCUT2D eigenvalue weighted by atomic mass is 79.9. The zero-order valence-corrected chi connectivity index (χ0v) is 9.47. The van der Waals surface area contributed by atoms with E-state index in [1.807, 2.05) is 6.07 Å². The van der Waals surface area contributed by atoms with E-state index in [9.17, 15) is 0 Å². The summed E-state index contributed by atoms with van der Waals surface area (Å²) >= 11 is 4.70. The Morgan fingerprint density at radius 2 is 2.29 bits per heavy atom. The first-order valence-electron chi connectivity index (χ1n) is 3.84. The van der Waals surface area contributed by atoms with Gasteiger partial charge in [-0.1, -0.05) is 0 Å². The maximum Gasteiger partial charge on any atom is 0.171 e. The van der Waals surface area contributed by atoms with Crippen LogP contribution in [0.1, 0.15) is 0 Å². The van der Waals surface area contributed by atoms with Gasteiger partial charge in [0.15, 0.2) is 5.16 Å². The van der Waals surface area contributed by atoms with Crippen LogP contribution in [0.2, 0.25) is 0 Å². The van der Waals surface area contributed by atoms with Gasteiger partial charge in [0, 0.05) is 23.1 Å². The summed E-state index contributed by atoms with van der Waals surface area (Å²) in [7, 11) is 0. The normalized spacial score (nSPS) is 10.4. The number of nitrogens with one attached hydrogen (secondary N) is 1. The Kier molecular flexibility index (Phi) is 2.74. The minimum atomic E-state index is 0.640.